The maximum Gasteiger partial charge on any atom is 0.211 e. The van der Waals surface area contributed by atoms with Crippen LogP contribution in [0.25, 0.3) is 0 Å². The zero-order valence-corrected chi connectivity index (χ0v) is 13.0. The number of hydrogen-bond donors (Lipinski definition) is 2. The molecule has 120 valence electrons. The first-order valence-corrected chi connectivity index (χ1v) is 7.16. The van der Waals surface area contributed by atoms with Crippen molar-refractivity contribution in [2.24, 2.45) is 21.7 Å². The lowest BCUT2D eigenvalue weighted by atomic mass is 10.2. The second-order valence-corrected chi connectivity index (χ2v) is 4.76. The van der Waals surface area contributed by atoms with Crippen LogP contribution in [0.4, 0.5) is 0 Å². The molecule has 0 aromatic heterocycles. The summed E-state index contributed by atoms with van der Waals surface area (Å²) < 4.78 is 11.1. The Morgan fingerprint density at radius 1 is 1.09 bits per heavy atom. The normalized spacial score (nSPS) is 10.5. The molecule has 0 aliphatic carbocycles. The smallest absolute Gasteiger partial charge is 0.211 e. The Kier molecular flexibility index (Phi) is 5.99. The average molecular weight is 312 g/mol. The standard InChI is InChI=1S/C17H20N4O2/c1-22-16-11-14(12-20-21-17(18)19)7-8-15(16)23-10-9-13-5-3-2-4-6-13/h2-8,11-12H,9-10H2,1H3,(H4,18,19,21). The average Bonchev–Trinajstić information content (AvgIpc) is 2.56. The SMILES string of the molecule is COc1cc(C=NN=C(N)N)ccc1OCCc1ccccc1. The van der Waals surface area contributed by atoms with Crippen molar-refractivity contribution in [2.75, 3.05) is 13.7 Å². The van der Waals surface area contributed by atoms with Crippen LogP contribution in [-0.2, 0) is 6.42 Å². The molecule has 0 atom stereocenters. The van der Waals surface area contributed by atoms with E-state index in [1.54, 1.807) is 7.11 Å². The minimum atomic E-state index is -0.0888. The Morgan fingerprint density at radius 3 is 2.57 bits per heavy atom. The number of guanidine groups is 1. The highest BCUT2D eigenvalue weighted by atomic mass is 16.5. The number of nitrogens with two attached hydrogens (primary N) is 2. The first-order chi connectivity index (χ1) is 11.2. The summed E-state index contributed by atoms with van der Waals surface area (Å²) in [6.07, 6.45) is 2.37. The molecular weight excluding hydrogens is 292 g/mol. The summed E-state index contributed by atoms with van der Waals surface area (Å²) in [6.45, 7) is 0.571. The van der Waals surface area contributed by atoms with Crippen molar-refractivity contribution in [3.63, 3.8) is 0 Å². The largest absolute Gasteiger partial charge is 0.493 e. The van der Waals surface area contributed by atoms with Crippen molar-refractivity contribution in [1.29, 1.82) is 0 Å². The molecular formula is C17H20N4O2. The van der Waals surface area contributed by atoms with Gasteiger partial charge in [-0.2, -0.15) is 5.10 Å². The van der Waals surface area contributed by atoms with Crippen LogP contribution in [0.1, 0.15) is 11.1 Å². The molecule has 2 rings (SSSR count). The van der Waals surface area contributed by atoms with Crippen molar-refractivity contribution in [2.45, 2.75) is 6.42 Å². The summed E-state index contributed by atoms with van der Waals surface area (Å²) in [5.74, 6) is 1.23. The Hall–Kier alpha value is -3.02. The van der Waals surface area contributed by atoms with Crippen molar-refractivity contribution >= 4 is 12.2 Å². The fourth-order valence-electron chi connectivity index (χ4n) is 1.97. The van der Waals surface area contributed by atoms with E-state index in [4.69, 9.17) is 20.9 Å². The maximum atomic E-state index is 5.79. The summed E-state index contributed by atoms with van der Waals surface area (Å²) in [5.41, 5.74) is 12.5. The van der Waals surface area contributed by atoms with Gasteiger partial charge in [-0.25, -0.2) is 0 Å². The lowest BCUT2D eigenvalue weighted by molar-refractivity contribution is 0.297. The van der Waals surface area contributed by atoms with E-state index < -0.39 is 0 Å². The monoisotopic (exact) mass is 312 g/mol. The van der Waals surface area contributed by atoms with Gasteiger partial charge in [-0.3, -0.25) is 0 Å². The van der Waals surface area contributed by atoms with E-state index in [0.29, 0.717) is 18.1 Å². The zero-order chi connectivity index (χ0) is 16.5. The maximum absolute atomic E-state index is 5.79. The van der Waals surface area contributed by atoms with E-state index in [-0.39, 0.29) is 5.96 Å². The fourth-order valence-corrected chi connectivity index (χ4v) is 1.97. The van der Waals surface area contributed by atoms with E-state index >= 15 is 0 Å². The molecule has 0 aliphatic heterocycles. The Balaban J connectivity index is 1.99. The Morgan fingerprint density at radius 2 is 1.87 bits per heavy atom. The molecule has 0 spiro atoms. The van der Waals surface area contributed by atoms with E-state index in [2.05, 4.69) is 22.3 Å². The second kappa shape index (κ2) is 8.43. The first-order valence-electron chi connectivity index (χ1n) is 7.16. The van der Waals surface area contributed by atoms with Gasteiger partial charge < -0.3 is 20.9 Å². The van der Waals surface area contributed by atoms with Crippen molar-refractivity contribution in [3.8, 4) is 11.5 Å². The van der Waals surface area contributed by atoms with Gasteiger partial charge in [0.2, 0.25) is 5.96 Å². The number of ether oxygens (including phenoxy) is 2. The lowest BCUT2D eigenvalue weighted by Crippen LogP contribution is -2.21. The summed E-state index contributed by atoms with van der Waals surface area (Å²) in [4.78, 5) is 0. The number of nitrogens with zero attached hydrogens (tertiary/aromatic N) is 2. The van der Waals surface area contributed by atoms with Crippen LogP contribution in [0.2, 0.25) is 0 Å². The molecule has 0 amide bonds. The summed E-state index contributed by atoms with van der Waals surface area (Å²) in [5, 5.41) is 7.32. The molecule has 0 radical (unpaired) electrons. The topological polar surface area (TPSA) is 95.2 Å². The highest BCUT2D eigenvalue weighted by Crippen LogP contribution is 2.27. The van der Waals surface area contributed by atoms with E-state index in [0.717, 1.165) is 12.0 Å². The minimum Gasteiger partial charge on any atom is -0.493 e. The van der Waals surface area contributed by atoms with Crippen LogP contribution < -0.4 is 20.9 Å². The van der Waals surface area contributed by atoms with Crippen LogP contribution in [0.15, 0.2) is 58.7 Å². The summed E-state index contributed by atoms with van der Waals surface area (Å²) in [7, 11) is 1.59. The number of benzene rings is 2. The molecule has 0 aliphatic rings. The van der Waals surface area contributed by atoms with Gasteiger partial charge in [0, 0.05) is 6.42 Å². The van der Waals surface area contributed by atoms with Gasteiger partial charge in [-0.15, -0.1) is 5.10 Å². The number of hydrogen-bond acceptors (Lipinski definition) is 4. The predicted molar refractivity (Wildman–Crippen MR) is 92.0 cm³/mol. The van der Waals surface area contributed by atoms with Gasteiger partial charge in [-0.1, -0.05) is 30.3 Å². The highest BCUT2D eigenvalue weighted by Gasteiger charge is 2.05. The van der Waals surface area contributed by atoms with Crippen molar-refractivity contribution in [1.82, 2.24) is 0 Å². The van der Waals surface area contributed by atoms with Gasteiger partial charge in [0.1, 0.15) is 0 Å². The molecule has 0 fully saturated rings. The molecule has 0 bridgehead atoms. The summed E-state index contributed by atoms with van der Waals surface area (Å²) >= 11 is 0. The fraction of sp³-hybridized carbons (Fsp3) is 0.176. The van der Waals surface area contributed by atoms with Gasteiger partial charge in [-0.05, 0) is 29.3 Å². The molecule has 2 aromatic carbocycles. The van der Waals surface area contributed by atoms with E-state index in [9.17, 15) is 0 Å². The molecule has 0 heterocycles. The zero-order valence-electron chi connectivity index (χ0n) is 13.0. The van der Waals surface area contributed by atoms with Crippen molar-refractivity contribution in [3.05, 3.63) is 59.7 Å². The van der Waals surface area contributed by atoms with E-state index in [1.165, 1.54) is 11.8 Å². The third kappa shape index (κ3) is 5.35. The minimum absolute atomic E-state index is 0.0888. The van der Waals surface area contributed by atoms with Crippen LogP contribution in [0.3, 0.4) is 0 Å². The summed E-state index contributed by atoms with van der Waals surface area (Å²) in [6, 6.07) is 15.7. The van der Waals surface area contributed by atoms with Crippen LogP contribution in [-0.4, -0.2) is 25.9 Å². The first kappa shape index (κ1) is 16.4. The van der Waals surface area contributed by atoms with Crippen LogP contribution >= 0.6 is 0 Å². The van der Waals surface area contributed by atoms with Crippen LogP contribution in [0.5, 0.6) is 11.5 Å². The molecule has 0 saturated carbocycles. The molecule has 0 unspecified atom stereocenters. The molecule has 2 aromatic rings. The molecule has 6 nitrogen and oxygen atoms in total. The second-order valence-electron chi connectivity index (χ2n) is 4.76. The Labute approximate surface area is 135 Å². The third-order valence-corrected chi connectivity index (χ3v) is 3.06. The number of methoxy groups -OCH3 is 1. The number of rotatable bonds is 7. The lowest BCUT2D eigenvalue weighted by Gasteiger charge is -2.11. The van der Waals surface area contributed by atoms with Gasteiger partial charge in [0.25, 0.3) is 0 Å². The van der Waals surface area contributed by atoms with Gasteiger partial charge >= 0.3 is 0 Å². The molecule has 4 N–H and O–H groups in total. The predicted octanol–water partition coefficient (Wildman–Crippen LogP) is 1.92. The Bertz CT molecular complexity index is 680. The molecule has 6 heteroatoms. The van der Waals surface area contributed by atoms with E-state index in [1.807, 2.05) is 36.4 Å². The van der Waals surface area contributed by atoms with Crippen molar-refractivity contribution < 1.29 is 9.47 Å². The van der Waals surface area contributed by atoms with Gasteiger partial charge in [0.05, 0.1) is 19.9 Å². The highest BCUT2D eigenvalue weighted by molar-refractivity contribution is 5.82. The molecule has 23 heavy (non-hydrogen) atoms. The van der Waals surface area contributed by atoms with Crippen LogP contribution in [0, 0.1) is 0 Å². The molecule has 0 saturated heterocycles. The van der Waals surface area contributed by atoms with Gasteiger partial charge in [0.15, 0.2) is 11.5 Å². The quantitative estimate of drug-likeness (QED) is 0.464. The third-order valence-electron chi connectivity index (χ3n) is 3.06.